The van der Waals surface area contributed by atoms with Crippen LogP contribution in [0.4, 0.5) is 10.5 Å². The molecule has 1 aromatic carbocycles. The molecule has 0 saturated carbocycles. The van der Waals surface area contributed by atoms with Crippen LogP contribution in [0.1, 0.15) is 20.3 Å². The third-order valence-corrected chi connectivity index (χ3v) is 4.73. The molecule has 9 heteroatoms. The fourth-order valence-corrected chi connectivity index (χ4v) is 3.29. The van der Waals surface area contributed by atoms with Gasteiger partial charge in [-0.2, -0.15) is 0 Å². The van der Waals surface area contributed by atoms with E-state index in [1.807, 2.05) is 13.0 Å². The Kier molecular flexibility index (Phi) is 5.45. The van der Waals surface area contributed by atoms with Gasteiger partial charge in [-0.25, -0.2) is 4.79 Å². The summed E-state index contributed by atoms with van der Waals surface area (Å²) in [6, 6.07) is 7.43. The number of amides is 2. The van der Waals surface area contributed by atoms with Crippen molar-refractivity contribution < 1.29 is 29.0 Å². The number of ketones is 1. The van der Waals surface area contributed by atoms with E-state index in [0.717, 1.165) is 4.88 Å². The van der Waals surface area contributed by atoms with Gasteiger partial charge in [0.25, 0.3) is 0 Å². The molecule has 1 atom stereocenters. The molecular weight excluding hydrogens is 372 g/mol. The second kappa shape index (κ2) is 7.78. The number of furan rings is 1. The van der Waals surface area contributed by atoms with Crippen molar-refractivity contribution in [2.75, 3.05) is 18.5 Å². The lowest BCUT2D eigenvalue weighted by atomic mass is 10.1. The second-order valence-electron chi connectivity index (χ2n) is 5.84. The van der Waals surface area contributed by atoms with Crippen molar-refractivity contribution in [3.8, 4) is 5.75 Å². The molecule has 0 radical (unpaired) electrons. The van der Waals surface area contributed by atoms with Gasteiger partial charge in [-0.05, 0) is 31.2 Å². The van der Waals surface area contributed by atoms with Crippen LogP contribution in [0, 0.1) is 6.92 Å². The predicted octanol–water partition coefficient (Wildman–Crippen LogP) is 2.26. The molecule has 142 valence electrons. The number of ether oxygens (including phenoxy) is 1. The number of primary amides is 1. The van der Waals surface area contributed by atoms with Crippen LogP contribution < -0.4 is 15.8 Å². The number of aliphatic hydroxyl groups is 2. The van der Waals surface area contributed by atoms with E-state index in [2.05, 4.69) is 5.32 Å². The van der Waals surface area contributed by atoms with Crippen LogP contribution in [0.25, 0.3) is 11.0 Å². The average Bonchev–Trinajstić information content (AvgIpc) is 3.22. The number of aliphatic hydroxyl groups excluding tert-OH is 2. The Balaban J connectivity index is 2.01. The van der Waals surface area contributed by atoms with Crippen molar-refractivity contribution in [1.82, 2.24) is 0 Å². The average molecular weight is 390 g/mol. The fourth-order valence-electron chi connectivity index (χ4n) is 2.49. The molecule has 0 bridgehead atoms. The molecule has 1 unspecified atom stereocenters. The van der Waals surface area contributed by atoms with Crippen LogP contribution in [-0.2, 0) is 0 Å². The molecule has 3 rings (SSSR count). The van der Waals surface area contributed by atoms with Gasteiger partial charge >= 0.3 is 6.03 Å². The first-order chi connectivity index (χ1) is 12.9. The van der Waals surface area contributed by atoms with E-state index in [1.54, 1.807) is 18.2 Å². The van der Waals surface area contributed by atoms with Gasteiger partial charge in [-0.3, -0.25) is 4.79 Å². The standard InChI is InChI=1S/C18H18N2O6S/c1-9-2-5-14(27-9)16(23)17-15(20-18(19)24)12-4-3-11(6-13(12)26-17)25-8-10(22)7-21/h2-6,10,21-22H,7-8H2,1H3,(H3,19,20,24). The second-order valence-corrected chi connectivity index (χ2v) is 7.13. The molecular formula is C18H18N2O6S. The number of carbonyl (C=O) groups excluding carboxylic acids is 2. The summed E-state index contributed by atoms with van der Waals surface area (Å²) in [5.74, 6) is -0.0234. The highest BCUT2D eigenvalue weighted by Crippen LogP contribution is 2.35. The van der Waals surface area contributed by atoms with Gasteiger partial charge in [0, 0.05) is 16.3 Å². The van der Waals surface area contributed by atoms with Crippen molar-refractivity contribution in [3.63, 3.8) is 0 Å². The summed E-state index contributed by atoms with van der Waals surface area (Å²) in [6.07, 6.45) is -1.01. The number of carbonyl (C=O) groups is 2. The summed E-state index contributed by atoms with van der Waals surface area (Å²) in [5.41, 5.74) is 5.74. The van der Waals surface area contributed by atoms with Gasteiger partial charge in [0.05, 0.1) is 11.5 Å². The zero-order valence-corrected chi connectivity index (χ0v) is 15.2. The maximum absolute atomic E-state index is 12.8. The molecule has 2 aromatic heterocycles. The van der Waals surface area contributed by atoms with E-state index >= 15 is 0 Å². The first kappa shape index (κ1) is 18.9. The van der Waals surface area contributed by atoms with E-state index in [4.69, 9.17) is 20.0 Å². The maximum atomic E-state index is 12.8. The molecule has 0 fully saturated rings. The van der Waals surface area contributed by atoms with E-state index < -0.39 is 18.7 Å². The number of benzene rings is 1. The van der Waals surface area contributed by atoms with Crippen molar-refractivity contribution in [2.45, 2.75) is 13.0 Å². The zero-order valence-electron chi connectivity index (χ0n) is 14.4. The topological polar surface area (TPSA) is 135 Å². The Bertz CT molecular complexity index is 993. The van der Waals surface area contributed by atoms with Crippen molar-refractivity contribution >= 4 is 39.8 Å². The Morgan fingerprint density at radius 2 is 2.11 bits per heavy atom. The Hall–Kier alpha value is -2.88. The van der Waals surface area contributed by atoms with Crippen LogP contribution in [0.3, 0.4) is 0 Å². The highest BCUT2D eigenvalue weighted by atomic mass is 32.1. The monoisotopic (exact) mass is 390 g/mol. The van der Waals surface area contributed by atoms with E-state index in [0.29, 0.717) is 21.6 Å². The smallest absolute Gasteiger partial charge is 0.316 e. The third kappa shape index (κ3) is 4.11. The summed E-state index contributed by atoms with van der Waals surface area (Å²) >= 11 is 1.32. The largest absolute Gasteiger partial charge is 0.491 e. The Morgan fingerprint density at radius 1 is 1.33 bits per heavy atom. The van der Waals surface area contributed by atoms with Gasteiger partial charge in [0.2, 0.25) is 5.78 Å². The van der Waals surface area contributed by atoms with Gasteiger partial charge in [0.1, 0.15) is 29.7 Å². The summed E-state index contributed by atoms with van der Waals surface area (Å²) in [6.45, 7) is 1.36. The molecule has 2 amide bonds. The molecule has 0 spiro atoms. The highest BCUT2D eigenvalue weighted by molar-refractivity contribution is 7.14. The highest BCUT2D eigenvalue weighted by Gasteiger charge is 2.24. The third-order valence-electron chi connectivity index (χ3n) is 3.73. The first-order valence-electron chi connectivity index (χ1n) is 8.05. The van der Waals surface area contributed by atoms with Gasteiger partial charge < -0.3 is 30.4 Å². The summed E-state index contributed by atoms with van der Waals surface area (Å²) < 4.78 is 11.1. The van der Waals surface area contributed by atoms with Gasteiger partial charge in [-0.1, -0.05) is 0 Å². The van der Waals surface area contributed by atoms with Gasteiger partial charge in [-0.15, -0.1) is 11.3 Å². The number of hydrogen-bond donors (Lipinski definition) is 4. The maximum Gasteiger partial charge on any atom is 0.316 e. The lowest BCUT2D eigenvalue weighted by Crippen LogP contribution is -2.21. The first-order valence-corrected chi connectivity index (χ1v) is 8.86. The lowest BCUT2D eigenvalue weighted by Gasteiger charge is -2.09. The molecule has 27 heavy (non-hydrogen) atoms. The van der Waals surface area contributed by atoms with E-state index in [-0.39, 0.29) is 23.8 Å². The molecule has 3 aromatic rings. The number of fused-ring (bicyclic) bond motifs is 1. The molecule has 8 nitrogen and oxygen atoms in total. The molecule has 0 aliphatic rings. The normalized spacial score (nSPS) is 12.1. The molecule has 0 saturated heterocycles. The van der Waals surface area contributed by atoms with Crippen LogP contribution in [-0.4, -0.2) is 41.3 Å². The molecule has 0 aliphatic carbocycles. The summed E-state index contributed by atoms with van der Waals surface area (Å²) in [4.78, 5) is 25.6. The van der Waals surface area contributed by atoms with Gasteiger partial charge in [0.15, 0.2) is 5.76 Å². The Morgan fingerprint density at radius 3 is 2.74 bits per heavy atom. The predicted molar refractivity (Wildman–Crippen MR) is 100 cm³/mol. The number of urea groups is 1. The number of nitrogens with two attached hydrogens (primary N) is 1. The number of anilines is 1. The number of nitrogens with one attached hydrogen (secondary N) is 1. The summed E-state index contributed by atoms with van der Waals surface area (Å²) in [5, 5.41) is 21.2. The SMILES string of the molecule is Cc1ccc(C(=O)c2oc3cc(OCC(O)CO)ccc3c2NC(N)=O)s1. The van der Waals surface area contributed by atoms with Crippen LogP contribution in [0.15, 0.2) is 34.7 Å². The Labute approximate surface area is 158 Å². The minimum atomic E-state index is -1.01. The zero-order chi connectivity index (χ0) is 19.6. The van der Waals surface area contributed by atoms with Crippen LogP contribution in [0.5, 0.6) is 5.75 Å². The number of aryl methyl sites for hydroxylation is 1. The van der Waals surface area contributed by atoms with Crippen molar-refractivity contribution in [3.05, 3.63) is 45.8 Å². The van der Waals surface area contributed by atoms with Crippen LogP contribution in [0.2, 0.25) is 0 Å². The fraction of sp³-hybridized carbons (Fsp3) is 0.222. The minimum absolute atomic E-state index is 0.0295. The molecule has 5 N–H and O–H groups in total. The minimum Gasteiger partial charge on any atom is -0.491 e. The van der Waals surface area contributed by atoms with E-state index in [1.165, 1.54) is 17.4 Å². The van der Waals surface area contributed by atoms with Crippen LogP contribution >= 0.6 is 11.3 Å². The molecule has 2 heterocycles. The summed E-state index contributed by atoms with van der Waals surface area (Å²) in [7, 11) is 0. The van der Waals surface area contributed by atoms with Crippen molar-refractivity contribution in [1.29, 1.82) is 0 Å². The van der Waals surface area contributed by atoms with E-state index in [9.17, 15) is 14.7 Å². The number of thiophene rings is 1. The number of rotatable bonds is 7. The molecule has 0 aliphatic heterocycles. The number of hydrogen-bond acceptors (Lipinski definition) is 7. The van der Waals surface area contributed by atoms with Crippen molar-refractivity contribution in [2.24, 2.45) is 5.73 Å². The quantitative estimate of drug-likeness (QED) is 0.457. The lowest BCUT2D eigenvalue weighted by molar-refractivity contribution is 0.0536.